The molecule has 0 saturated heterocycles. The Morgan fingerprint density at radius 2 is 1.79 bits per heavy atom. The molecule has 0 fully saturated rings. The standard InChI is InChI=1S/C11H20N4O3S/c1-6(2)13-11-14-9(12)8(10(15-11)18-5)19(16,17)7(3)4/h6-7H,1-5H3,(H3,12,13,14,15). The van der Waals surface area contributed by atoms with Crippen LogP contribution in [0.2, 0.25) is 0 Å². The number of nitrogens with zero attached hydrogens (tertiary/aromatic N) is 2. The zero-order valence-corrected chi connectivity index (χ0v) is 12.6. The number of aromatic nitrogens is 2. The predicted molar refractivity (Wildman–Crippen MR) is 74.1 cm³/mol. The van der Waals surface area contributed by atoms with Gasteiger partial charge in [0.05, 0.1) is 12.4 Å². The molecule has 7 nitrogen and oxygen atoms in total. The first kappa shape index (κ1) is 15.5. The van der Waals surface area contributed by atoms with E-state index in [1.807, 2.05) is 13.8 Å². The monoisotopic (exact) mass is 288 g/mol. The Bertz CT molecular complexity index is 555. The second-order valence-corrected chi connectivity index (χ2v) is 7.10. The van der Waals surface area contributed by atoms with Gasteiger partial charge in [-0.2, -0.15) is 9.97 Å². The van der Waals surface area contributed by atoms with Crippen molar-refractivity contribution in [1.82, 2.24) is 9.97 Å². The van der Waals surface area contributed by atoms with Crippen LogP contribution >= 0.6 is 0 Å². The number of hydrogen-bond donors (Lipinski definition) is 2. The van der Waals surface area contributed by atoms with Crippen LogP contribution in [0.3, 0.4) is 0 Å². The highest BCUT2D eigenvalue weighted by Gasteiger charge is 2.29. The highest BCUT2D eigenvalue weighted by atomic mass is 32.2. The molecule has 108 valence electrons. The molecule has 0 bridgehead atoms. The molecule has 0 radical (unpaired) electrons. The van der Waals surface area contributed by atoms with Gasteiger partial charge in [0, 0.05) is 6.04 Å². The topological polar surface area (TPSA) is 107 Å². The van der Waals surface area contributed by atoms with Crippen LogP contribution in [0.4, 0.5) is 11.8 Å². The Morgan fingerprint density at radius 1 is 1.21 bits per heavy atom. The number of anilines is 2. The summed E-state index contributed by atoms with van der Waals surface area (Å²) in [4.78, 5) is 7.85. The number of ether oxygens (including phenoxy) is 1. The molecule has 0 aliphatic carbocycles. The van der Waals surface area contributed by atoms with Crippen LogP contribution in [0.25, 0.3) is 0 Å². The number of nitrogen functional groups attached to an aromatic ring is 1. The van der Waals surface area contributed by atoms with Gasteiger partial charge in [-0.25, -0.2) is 8.42 Å². The molecule has 19 heavy (non-hydrogen) atoms. The van der Waals surface area contributed by atoms with E-state index >= 15 is 0 Å². The largest absolute Gasteiger partial charge is 0.480 e. The molecule has 1 aromatic rings. The fourth-order valence-corrected chi connectivity index (χ4v) is 2.59. The maximum absolute atomic E-state index is 12.2. The van der Waals surface area contributed by atoms with Gasteiger partial charge >= 0.3 is 0 Å². The van der Waals surface area contributed by atoms with Gasteiger partial charge in [0.15, 0.2) is 20.6 Å². The molecule has 0 aliphatic heterocycles. The second-order valence-electron chi connectivity index (χ2n) is 4.66. The van der Waals surface area contributed by atoms with Crippen molar-refractivity contribution in [1.29, 1.82) is 0 Å². The first-order valence-corrected chi connectivity index (χ1v) is 7.46. The number of methoxy groups -OCH3 is 1. The van der Waals surface area contributed by atoms with Gasteiger partial charge in [-0.1, -0.05) is 0 Å². The van der Waals surface area contributed by atoms with Crippen molar-refractivity contribution >= 4 is 21.6 Å². The summed E-state index contributed by atoms with van der Waals surface area (Å²) in [5.41, 5.74) is 5.75. The highest BCUT2D eigenvalue weighted by molar-refractivity contribution is 7.92. The van der Waals surface area contributed by atoms with Gasteiger partial charge in [-0.05, 0) is 27.7 Å². The van der Waals surface area contributed by atoms with Crippen LogP contribution in [0.5, 0.6) is 5.88 Å². The fraction of sp³-hybridized carbons (Fsp3) is 0.636. The summed E-state index contributed by atoms with van der Waals surface area (Å²) < 4.78 is 29.4. The maximum atomic E-state index is 12.2. The Labute approximate surface area is 113 Å². The molecule has 1 heterocycles. The number of sulfone groups is 1. The first-order valence-electron chi connectivity index (χ1n) is 5.92. The van der Waals surface area contributed by atoms with Crippen LogP contribution in [0, 0.1) is 0 Å². The predicted octanol–water partition coefficient (Wildman–Crippen LogP) is 1.07. The summed E-state index contributed by atoms with van der Waals surface area (Å²) in [5, 5.41) is 2.32. The Balaban J connectivity index is 3.43. The van der Waals surface area contributed by atoms with E-state index in [1.54, 1.807) is 13.8 Å². The third-order valence-electron chi connectivity index (χ3n) is 2.38. The second kappa shape index (κ2) is 5.60. The van der Waals surface area contributed by atoms with Crippen molar-refractivity contribution in [2.45, 2.75) is 43.9 Å². The third-order valence-corrected chi connectivity index (χ3v) is 4.57. The lowest BCUT2D eigenvalue weighted by atomic mass is 10.4. The third kappa shape index (κ3) is 3.25. The summed E-state index contributed by atoms with van der Waals surface area (Å²) in [5.74, 6) is 0.0973. The van der Waals surface area contributed by atoms with E-state index in [0.717, 1.165) is 0 Å². The van der Waals surface area contributed by atoms with Crippen LogP contribution in [-0.2, 0) is 9.84 Å². The van der Waals surface area contributed by atoms with Crippen molar-refractivity contribution in [3.63, 3.8) is 0 Å². The minimum atomic E-state index is -3.60. The van der Waals surface area contributed by atoms with Crippen molar-refractivity contribution < 1.29 is 13.2 Å². The van der Waals surface area contributed by atoms with Crippen molar-refractivity contribution in [3.8, 4) is 5.88 Å². The van der Waals surface area contributed by atoms with E-state index in [2.05, 4.69) is 15.3 Å². The Morgan fingerprint density at radius 3 is 2.21 bits per heavy atom. The lowest BCUT2D eigenvalue weighted by Crippen LogP contribution is -2.20. The van der Waals surface area contributed by atoms with Gasteiger partial charge in [-0.15, -0.1) is 0 Å². The smallest absolute Gasteiger partial charge is 0.239 e. The van der Waals surface area contributed by atoms with Crippen molar-refractivity contribution in [2.24, 2.45) is 0 Å². The molecule has 0 aromatic carbocycles. The fourth-order valence-electron chi connectivity index (χ4n) is 1.41. The van der Waals surface area contributed by atoms with Gasteiger partial charge in [0.1, 0.15) is 0 Å². The minimum Gasteiger partial charge on any atom is -0.480 e. The number of hydrogen-bond acceptors (Lipinski definition) is 7. The molecule has 3 N–H and O–H groups in total. The maximum Gasteiger partial charge on any atom is 0.239 e. The highest BCUT2D eigenvalue weighted by Crippen LogP contribution is 2.30. The minimum absolute atomic E-state index is 0.0376. The van der Waals surface area contributed by atoms with Crippen LogP contribution < -0.4 is 15.8 Å². The van der Waals surface area contributed by atoms with Gasteiger partial charge in [0.2, 0.25) is 11.8 Å². The van der Waals surface area contributed by atoms with E-state index < -0.39 is 15.1 Å². The number of nitrogens with two attached hydrogens (primary N) is 1. The van der Waals surface area contributed by atoms with Crippen molar-refractivity contribution in [3.05, 3.63) is 0 Å². The summed E-state index contributed by atoms with van der Waals surface area (Å²) >= 11 is 0. The summed E-state index contributed by atoms with van der Waals surface area (Å²) in [6, 6.07) is 0.0941. The average Bonchev–Trinajstić information content (AvgIpc) is 2.26. The lowest BCUT2D eigenvalue weighted by Gasteiger charge is -2.15. The van der Waals surface area contributed by atoms with Crippen molar-refractivity contribution in [2.75, 3.05) is 18.2 Å². The summed E-state index contributed by atoms with van der Waals surface area (Å²) in [7, 11) is -2.25. The summed E-state index contributed by atoms with van der Waals surface area (Å²) in [6.07, 6.45) is 0. The molecule has 0 unspecified atom stereocenters. The molecule has 0 amide bonds. The molecule has 0 spiro atoms. The molecule has 0 saturated carbocycles. The van der Waals surface area contributed by atoms with E-state index in [1.165, 1.54) is 7.11 Å². The number of rotatable bonds is 5. The molecule has 8 heteroatoms. The Hall–Kier alpha value is -1.57. The molecule has 1 aromatic heterocycles. The molecular formula is C11H20N4O3S. The van der Waals surface area contributed by atoms with E-state index in [4.69, 9.17) is 10.5 Å². The lowest BCUT2D eigenvalue weighted by molar-refractivity contribution is 0.384. The quantitative estimate of drug-likeness (QED) is 0.834. The van der Waals surface area contributed by atoms with Gasteiger partial charge in [0.25, 0.3) is 0 Å². The normalized spacial score (nSPS) is 11.9. The first-order chi connectivity index (χ1) is 8.70. The molecule has 0 atom stereocenters. The van der Waals surface area contributed by atoms with Gasteiger partial charge < -0.3 is 15.8 Å². The van der Waals surface area contributed by atoms with E-state index in [-0.39, 0.29) is 28.6 Å². The van der Waals surface area contributed by atoms with Crippen LogP contribution in [0.15, 0.2) is 4.90 Å². The SMILES string of the molecule is COc1nc(NC(C)C)nc(N)c1S(=O)(=O)C(C)C. The number of nitrogens with one attached hydrogen (secondary N) is 1. The zero-order valence-electron chi connectivity index (χ0n) is 11.8. The van der Waals surface area contributed by atoms with E-state index in [9.17, 15) is 8.42 Å². The van der Waals surface area contributed by atoms with Crippen LogP contribution in [-0.4, -0.2) is 36.8 Å². The van der Waals surface area contributed by atoms with Crippen LogP contribution in [0.1, 0.15) is 27.7 Å². The van der Waals surface area contributed by atoms with Gasteiger partial charge in [-0.3, -0.25) is 0 Å². The molecule has 0 aliphatic rings. The Kier molecular flexibility index (Phi) is 4.56. The molecule has 1 rings (SSSR count). The average molecular weight is 288 g/mol. The zero-order chi connectivity index (χ0) is 14.8. The molecular weight excluding hydrogens is 268 g/mol. The summed E-state index contributed by atoms with van der Waals surface area (Å²) in [6.45, 7) is 6.94. The van der Waals surface area contributed by atoms with E-state index in [0.29, 0.717) is 0 Å².